The molecule has 0 aliphatic rings. The molecule has 0 aromatic carbocycles. The SMILES string of the molecule is CCCCC(NC(=O)c1nn(C)cc1[N+](=O)[O-])C(=O)O. The van der Waals surface area contributed by atoms with Gasteiger partial charge in [0.05, 0.1) is 4.92 Å². The molecular weight excluding hydrogens is 268 g/mol. The lowest BCUT2D eigenvalue weighted by atomic mass is 10.1. The second-order valence-electron chi connectivity index (χ2n) is 4.30. The Kier molecular flexibility index (Phi) is 5.18. The lowest BCUT2D eigenvalue weighted by molar-refractivity contribution is -0.385. The highest BCUT2D eigenvalue weighted by molar-refractivity contribution is 5.98. The van der Waals surface area contributed by atoms with Crippen molar-refractivity contribution in [1.82, 2.24) is 15.1 Å². The van der Waals surface area contributed by atoms with Crippen molar-refractivity contribution in [2.75, 3.05) is 0 Å². The molecule has 0 fully saturated rings. The Hall–Kier alpha value is -2.45. The summed E-state index contributed by atoms with van der Waals surface area (Å²) in [5.74, 6) is -2.04. The second kappa shape index (κ2) is 6.64. The number of rotatable bonds is 7. The van der Waals surface area contributed by atoms with E-state index in [0.717, 1.165) is 17.3 Å². The van der Waals surface area contributed by atoms with Crippen LogP contribution >= 0.6 is 0 Å². The van der Waals surface area contributed by atoms with Crippen molar-refractivity contribution in [1.29, 1.82) is 0 Å². The maximum Gasteiger partial charge on any atom is 0.326 e. The van der Waals surface area contributed by atoms with Crippen molar-refractivity contribution >= 4 is 17.6 Å². The van der Waals surface area contributed by atoms with Gasteiger partial charge in [-0.05, 0) is 6.42 Å². The van der Waals surface area contributed by atoms with E-state index in [-0.39, 0.29) is 12.1 Å². The lowest BCUT2D eigenvalue weighted by Crippen LogP contribution is -2.41. The Bertz CT molecular complexity index is 525. The van der Waals surface area contributed by atoms with E-state index >= 15 is 0 Å². The molecule has 0 aliphatic heterocycles. The van der Waals surface area contributed by atoms with Gasteiger partial charge in [-0.2, -0.15) is 5.10 Å². The number of carboxylic acid groups (broad SMARTS) is 1. The van der Waals surface area contributed by atoms with E-state index in [0.29, 0.717) is 6.42 Å². The van der Waals surface area contributed by atoms with Crippen LogP contribution in [0.25, 0.3) is 0 Å². The van der Waals surface area contributed by atoms with Gasteiger partial charge in [0.1, 0.15) is 12.2 Å². The van der Waals surface area contributed by atoms with Gasteiger partial charge in [0, 0.05) is 7.05 Å². The van der Waals surface area contributed by atoms with Crippen molar-refractivity contribution in [3.8, 4) is 0 Å². The third-order valence-electron chi connectivity index (χ3n) is 2.67. The molecule has 110 valence electrons. The lowest BCUT2D eigenvalue weighted by Gasteiger charge is -2.12. The molecule has 1 heterocycles. The van der Waals surface area contributed by atoms with E-state index in [1.807, 2.05) is 6.92 Å². The Morgan fingerprint density at radius 3 is 2.75 bits per heavy atom. The zero-order valence-electron chi connectivity index (χ0n) is 11.2. The first-order chi connectivity index (χ1) is 9.36. The van der Waals surface area contributed by atoms with Gasteiger partial charge >= 0.3 is 11.7 Å². The van der Waals surface area contributed by atoms with E-state index in [9.17, 15) is 19.7 Å². The van der Waals surface area contributed by atoms with Gasteiger partial charge in [-0.25, -0.2) is 4.79 Å². The van der Waals surface area contributed by atoms with E-state index in [4.69, 9.17) is 5.11 Å². The molecule has 20 heavy (non-hydrogen) atoms. The molecule has 0 saturated heterocycles. The number of hydrogen-bond donors (Lipinski definition) is 2. The molecule has 1 aromatic rings. The zero-order valence-corrected chi connectivity index (χ0v) is 11.2. The number of aryl methyl sites for hydroxylation is 1. The number of unbranched alkanes of at least 4 members (excludes halogenated alkanes) is 1. The molecule has 0 saturated carbocycles. The van der Waals surface area contributed by atoms with Crippen LogP contribution < -0.4 is 5.32 Å². The molecule has 1 aromatic heterocycles. The van der Waals surface area contributed by atoms with Gasteiger partial charge < -0.3 is 10.4 Å². The Morgan fingerprint density at radius 2 is 2.25 bits per heavy atom. The van der Waals surface area contributed by atoms with E-state index in [2.05, 4.69) is 10.4 Å². The standard InChI is InChI=1S/C11H16N4O5/c1-3-4-5-7(11(17)18)12-10(16)9-8(15(19)20)6-14(2)13-9/h6-7H,3-5H2,1-2H3,(H,12,16)(H,17,18). The summed E-state index contributed by atoms with van der Waals surface area (Å²) in [4.78, 5) is 33.0. The highest BCUT2D eigenvalue weighted by Crippen LogP contribution is 2.16. The van der Waals surface area contributed by atoms with Crippen LogP contribution in [0.1, 0.15) is 36.7 Å². The smallest absolute Gasteiger partial charge is 0.326 e. The van der Waals surface area contributed by atoms with Crippen LogP contribution in [0.4, 0.5) is 5.69 Å². The molecule has 9 nitrogen and oxygen atoms in total. The number of aromatic nitrogens is 2. The quantitative estimate of drug-likeness (QED) is 0.560. The van der Waals surface area contributed by atoms with E-state index in [1.165, 1.54) is 7.05 Å². The van der Waals surface area contributed by atoms with Crippen LogP contribution in [0.2, 0.25) is 0 Å². The van der Waals surface area contributed by atoms with E-state index < -0.39 is 28.5 Å². The predicted octanol–water partition coefficient (Wildman–Crippen LogP) is 0.701. The average molecular weight is 284 g/mol. The first-order valence-electron chi connectivity index (χ1n) is 6.08. The summed E-state index contributed by atoms with van der Waals surface area (Å²) in [6.45, 7) is 1.89. The van der Waals surface area contributed by atoms with Crippen LogP contribution in [-0.2, 0) is 11.8 Å². The zero-order chi connectivity index (χ0) is 15.3. The molecule has 1 rings (SSSR count). The van der Waals surface area contributed by atoms with Gasteiger partial charge in [0.15, 0.2) is 0 Å². The molecule has 2 N–H and O–H groups in total. The van der Waals surface area contributed by atoms with E-state index in [1.54, 1.807) is 0 Å². The van der Waals surface area contributed by atoms with Crippen molar-refractivity contribution in [3.05, 3.63) is 22.0 Å². The van der Waals surface area contributed by atoms with Crippen LogP contribution in [0.15, 0.2) is 6.20 Å². The van der Waals surface area contributed by atoms with Gasteiger partial charge in [-0.1, -0.05) is 19.8 Å². The molecule has 0 radical (unpaired) electrons. The fourth-order valence-electron chi connectivity index (χ4n) is 1.66. The van der Waals surface area contributed by atoms with Crippen molar-refractivity contribution in [2.45, 2.75) is 32.2 Å². The summed E-state index contributed by atoms with van der Waals surface area (Å²) >= 11 is 0. The predicted molar refractivity (Wildman–Crippen MR) is 68.3 cm³/mol. The van der Waals surface area contributed by atoms with Gasteiger partial charge in [-0.15, -0.1) is 0 Å². The normalized spacial score (nSPS) is 11.9. The first-order valence-corrected chi connectivity index (χ1v) is 6.08. The summed E-state index contributed by atoms with van der Waals surface area (Å²) in [5.41, 5.74) is -0.843. The van der Waals surface area contributed by atoms with Crippen LogP contribution in [0, 0.1) is 10.1 Å². The van der Waals surface area contributed by atoms with Crippen molar-refractivity contribution < 1.29 is 19.6 Å². The number of carbonyl (C=O) groups is 2. The number of nitro groups is 1. The van der Waals surface area contributed by atoms with Crippen molar-refractivity contribution in [3.63, 3.8) is 0 Å². The monoisotopic (exact) mass is 284 g/mol. The average Bonchev–Trinajstić information content (AvgIpc) is 2.76. The third kappa shape index (κ3) is 3.77. The fraction of sp³-hybridized carbons (Fsp3) is 0.545. The summed E-state index contributed by atoms with van der Waals surface area (Å²) in [6, 6.07) is -1.08. The molecule has 1 unspecified atom stereocenters. The Labute approximate surface area is 114 Å². The summed E-state index contributed by atoms with van der Waals surface area (Å²) in [7, 11) is 1.44. The highest BCUT2D eigenvalue weighted by Gasteiger charge is 2.28. The number of aliphatic carboxylic acids is 1. The Balaban J connectivity index is 2.89. The molecular formula is C11H16N4O5. The topological polar surface area (TPSA) is 127 Å². The van der Waals surface area contributed by atoms with Crippen molar-refractivity contribution in [2.24, 2.45) is 7.05 Å². The maximum atomic E-state index is 11.9. The number of carbonyl (C=O) groups excluding carboxylic acids is 1. The number of hydrogen-bond acceptors (Lipinski definition) is 5. The molecule has 0 bridgehead atoms. The van der Waals surface area contributed by atoms with Crippen LogP contribution in [0.3, 0.4) is 0 Å². The number of amides is 1. The fourth-order valence-corrected chi connectivity index (χ4v) is 1.66. The minimum atomic E-state index is -1.18. The summed E-state index contributed by atoms with van der Waals surface area (Å²) in [6.07, 6.45) is 2.76. The second-order valence-corrected chi connectivity index (χ2v) is 4.30. The Morgan fingerprint density at radius 1 is 1.60 bits per heavy atom. The minimum Gasteiger partial charge on any atom is -0.480 e. The minimum absolute atomic E-state index is 0.262. The maximum absolute atomic E-state index is 11.9. The third-order valence-corrected chi connectivity index (χ3v) is 2.67. The largest absolute Gasteiger partial charge is 0.480 e. The van der Waals surface area contributed by atoms with Gasteiger partial charge in [0.25, 0.3) is 5.91 Å². The number of carboxylic acids is 1. The summed E-state index contributed by atoms with van der Waals surface area (Å²) < 4.78 is 1.13. The molecule has 1 atom stereocenters. The molecule has 0 aliphatic carbocycles. The molecule has 9 heteroatoms. The van der Waals surface area contributed by atoms with Crippen LogP contribution in [-0.4, -0.2) is 37.7 Å². The molecule has 1 amide bonds. The molecule has 0 spiro atoms. The number of nitrogens with zero attached hydrogens (tertiary/aromatic N) is 3. The number of nitrogens with one attached hydrogen (secondary N) is 1. The first kappa shape index (κ1) is 15.6. The highest BCUT2D eigenvalue weighted by atomic mass is 16.6. The summed E-state index contributed by atoms with van der Waals surface area (Å²) in [5, 5.41) is 25.7. The van der Waals surface area contributed by atoms with Gasteiger partial charge in [0.2, 0.25) is 5.69 Å². The van der Waals surface area contributed by atoms with Gasteiger partial charge in [-0.3, -0.25) is 19.6 Å². The van der Waals surface area contributed by atoms with Crippen LogP contribution in [0.5, 0.6) is 0 Å².